The van der Waals surface area contributed by atoms with Crippen LogP contribution in [0.5, 0.6) is 0 Å². The molecule has 0 spiro atoms. The van der Waals surface area contributed by atoms with Gasteiger partial charge in [0, 0.05) is 19.9 Å². The zero-order chi connectivity index (χ0) is 14.4. The van der Waals surface area contributed by atoms with Crippen molar-refractivity contribution in [3.05, 3.63) is 30.3 Å². The second kappa shape index (κ2) is 7.05. The highest BCUT2D eigenvalue weighted by molar-refractivity contribution is 6.65. The molecule has 1 aromatic rings. The Labute approximate surface area is 117 Å². The Morgan fingerprint density at radius 3 is 2.26 bits per heavy atom. The van der Waals surface area contributed by atoms with Crippen LogP contribution in [0.25, 0.3) is 0 Å². The van der Waals surface area contributed by atoms with Crippen LogP contribution in [0.15, 0.2) is 30.3 Å². The quantitative estimate of drug-likeness (QED) is 0.569. The van der Waals surface area contributed by atoms with E-state index in [1.54, 1.807) is 14.2 Å². The zero-order valence-corrected chi connectivity index (χ0v) is 13.3. The smallest absolute Gasteiger partial charge is 0.334 e. The standard InChI is InChI=1S/C14H25NO3Si/c1-5-14(16,11-12-19(4,17-2)18-3)15-13-9-7-6-8-10-13/h6-10,15-16H,5,11-12H2,1-4H3. The number of nitrogens with one attached hydrogen (secondary N) is 1. The van der Waals surface area contributed by atoms with E-state index in [1.807, 2.05) is 43.8 Å². The fourth-order valence-electron chi connectivity index (χ4n) is 1.84. The normalized spacial score (nSPS) is 15.0. The van der Waals surface area contributed by atoms with Crippen LogP contribution >= 0.6 is 0 Å². The van der Waals surface area contributed by atoms with Crippen LogP contribution in [0.4, 0.5) is 5.69 Å². The molecule has 0 aliphatic heterocycles. The average molecular weight is 283 g/mol. The van der Waals surface area contributed by atoms with Crippen LogP contribution < -0.4 is 5.32 Å². The molecule has 0 aliphatic carbocycles. The van der Waals surface area contributed by atoms with E-state index in [-0.39, 0.29) is 0 Å². The van der Waals surface area contributed by atoms with E-state index in [1.165, 1.54) is 0 Å². The lowest BCUT2D eigenvalue weighted by molar-refractivity contribution is 0.0584. The predicted molar refractivity (Wildman–Crippen MR) is 80.4 cm³/mol. The number of rotatable bonds is 8. The lowest BCUT2D eigenvalue weighted by Crippen LogP contribution is -2.43. The Kier molecular flexibility index (Phi) is 6.00. The van der Waals surface area contributed by atoms with Gasteiger partial charge in [-0.15, -0.1) is 0 Å². The molecule has 1 unspecified atom stereocenters. The SMILES string of the molecule is CCC(O)(CC[Si](C)(OC)OC)Nc1ccccc1. The van der Waals surface area contributed by atoms with Gasteiger partial charge in [-0.05, 0) is 37.6 Å². The molecule has 0 fully saturated rings. The molecule has 2 N–H and O–H groups in total. The molecule has 1 rings (SSSR count). The van der Waals surface area contributed by atoms with Crippen molar-refractivity contribution >= 4 is 14.2 Å². The van der Waals surface area contributed by atoms with Crippen molar-refractivity contribution in [3.63, 3.8) is 0 Å². The van der Waals surface area contributed by atoms with Crippen LogP contribution in [0.3, 0.4) is 0 Å². The number of benzene rings is 1. The Morgan fingerprint density at radius 1 is 1.21 bits per heavy atom. The minimum Gasteiger partial charge on any atom is -0.398 e. The Hall–Kier alpha value is -0.883. The van der Waals surface area contributed by atoms with Gasteiger partial charge in [-0.25, -0.2) is 0 Å². The van der Waals surface area contributed by atoms with E-state index in [2.05, 4.69) is 5.32 Å². The second-order valence-corrected chi connectivity index (χ2v) is 8.50. The number of anilines is 1. The summed E-state index contributed by atoms with van der Waals surface area (Å²) >= 11 is 0. The van der Waals surface area contributed by atoms with Crippen LogP contribution in [0.2, 0.25) is 12.6 Å². The van der Waals surface area contributed by atoms with Crippen molar-refractivity contribution < 1.29 is 14.0 Å². The third kappa shape index (κ3) is 4.95. The van der Waals surface area contributed by atoms with Crippen LogP contribution in [-0.4, -0.2) is 33.6 Å². The van der Waals surface area contributed by atoms with Crippen molar-refractivity contribution in [2.24, 2.45) is 0 Å². The molecule has 0 bridgehead atoms. The van der Waals surface area contributed by atoms with Crippen molar-refractivity contribution in [3.8, 4) is 0 Å². The number of hydrogen-bond donors (Lipinski definition) is 2. The molecule has 108 valence electrons. The molecule has 0 heterocycles. The van der Waals surface area contributed by atoms with Gasteiger partial charge in [-0.3, -0.25) is 0 Å². The molecule has 1 atom stereocenters. The minimum absolute atomic E-state index is 0.600. The summed E-state index contributed by atoms with van der Waals surface area (Å²) in [6, 6.07) is 10.5. The largest absolute Gasteiger partial charge is 0.398 e. The lowest BCUT2D eigenvalue weighted by Gasteiger charge is -2.32. The molecule has 19 heavy (non-hydrogen) atoms. The van der Waals surface area contributed by atoms with Gasteiger partial charge >= 0.3 is 8.56 Å². The van der Waals surface area contributed by atoms with Crippen molar-refractivity contribution in [1.82, 2.24) is 0 Å². The van der Waals surface area contributed by atoms with Crippen molar-refractivity contribution in [2.45, 2.75) is 38.1 Å². The summed E-state index contributed by atoms with van der Waals surface area (Å²) in [6.45, 7) is 3.97. The summed E-state index contributed by atoms with van der Waals surface area (Å²) in [7, 11) is 1.20. The number of para-hydroxylation sites is 1. The summed E-state index contributed by atoms with van der Waals surface area (Å²) in [5.74, 6) is 0. The first-order valence-electron chi connectivity index (χ1n) is 6.63. The van der Waals surface area contributed by atoms with Crippen LogP contribution in [-0.2, 0) is 8.85 Å². The maximum atomic E-state index is 10.6. The third-order valence-corrected chi connectivity index (χ3v) is 6.48. The van der Waals surface area contributed by atoms with Gasteiger partial charge < -0.3 is 19.3 Å². The average Bonchev–Trinajstić information content (AvgIpc) is 2.46. The van der Waals surface area contributed by atoms with Gasteiger partial charge in [0.05, 0.1) is 0 Å². The second-order valence-electron chi connectivity index (χ2n) is 4.92. The van der Waals surface area contributed by atoms with E-state index in [0.29, 0.717) is 12.8 Å². The van der Waals surface area contributed by atoms with Crippen LogP contribution in [0, 0.1) is 0 Å². The Balaban J connectivity index is 2.65. The first-order valence-corrected chi connectivity index (χ1v) is 9.15. The minimum atomic E-state index is -2.14. The molecule has 0 saturated carbocycles. The molecule has 5 heteroatoms. The van der Waals surface area contributed by atoms with E-state index in [9.17, 15) is 5.11 Å². The zero-order valence-electron chi connectivity index (χ0n) is 12.3. The molecule has 1 aromatic carbocycles. The highest BCUT2D eigenvalue weighted by Crippen LogP contribution is 2.25. The van der Waals surface area contributed by atoms with E-state index < -0.39 is 14.3 Å². The van der Waals surface area contributed by atoms with E-state index >= 15 is 0 Å². The van der Waals surface area contributed by atoms with Gasteiger partial charge in [0.1, 0.15) is 5.72 Å². The topological polar surface area (TPSA) is 50.7 Å². The first kappa shape index (κ1) is 16.2. The summed E-state index contributed by atoms with van der Waals surface area (Å²) in [5, 5.41) is 13.8. The first-order chi connectivity index (χ1) is 8.97. The van der Waals surface area contributed by atoms with Gasteiger partial charge in [0.2, 0.25) is 0 Å². The Morgan fingerprint density at radius 2 is 1.79 bits per heavy atom. The maximum absolute atomic E-state index is 10.6. The molecule has 0 saturated heterocycles. The lowest BCUT2D eigenvalue weighted by atomic mass is 10.1. The fourth-order valence-corrected chi connectivity index (χ4v) is 3.28. The molecular formula is C14H25NO3Si. The summed E-state index contributed by atoms with van der Waals surface area (Å²) in [5.41, 5.74) is -0.00259. The highest BCUT2D eigenvalue weighted by Gasteiger charge is 2.34. The summed E-state index contributed by atoms with van der Waals surface area (Å²) < 4.78 is 10.9. The summed E-state index contributed by atoms with van der Waals surface area (Å²) in [6.07, 6.45) is 1.22. The number of hydrogen-bond acceptors (Lipinski definition) is 4. The highest BCUT2D eigenvalue weighted by atomic mass is 28.4. The van der Waals surface area contributed by atoms with Crippen LogP contribution in [0.1, 0.15) is 19.8 Å². The van der Waals surface area contributed by atoms with Gasteiger partial charge in [-0.1, -0.05) is 25.1 Å². The molecule has 4 nitrogen and oxygen atoms in total. The van der Waals surface area contributed by atoms with Crippen molar-refractivity contribution in [1.29, 1.82) is 0 Å². The fraction of sp³-hybridized carbons (Fsp3) is 0.571. The molecule has 0 aromatic heterocycles. The monoisotopic (exact) mass is 283 g/mol. The van der Waals surface area contributed by atoms with Crippen molar-refractivity contribution in [2.75, 3.05) is 19.5 Å². The molecule has 0 aliphatic rings. The number of aliphatic hydroxyl groups is 1. The van der Waals surface area contributed by atoms with Gasteiger partial charge in [0.15, 0.2) is 0 Å². The third-order valence-electron chi connectivity index (χ3n) is 3.59. The predicted octanol–water partition coefficient (Wildman–Crippen LogP) is 2.95. The summed E-state index contributed by atoms with van der Waals surface area (Å²) in [4.78, 5) is 0. The molecular weight excluding hydrogens is 258 g/mol. The van der Waals surface area contributed by atoms with E-state index in [0.717, 1.165) is 11.7 Å². The Bertz CT molecular complexity index is 370. The molecule has 0 radical (unpaired) electrons. The van der Waals surface area contributed by atoms with Gasteiger partial charge in [-0.2, -0.15) is 0 Å². The van der Waals surface area contributed by atoms with Gasteiger partial charge in [0.25, 0.3) is 0 Å². The maximum Gasteiger partial charge on any atom is 0.334 e. The molecule has 0 amide bonds. The van der Waals surface area contributed by atoms with E-state index in [4.69, 9.17) is 8.85 Å².